The summed E-state index contributed by atoms with van der Waals surface area (Å²) in [7, 11) is 0. The van der Waals surface area contributed by atoms with Crippen LogP contribution >= 0.6 is 0 Å². The summed E-state index contributed by atoms with van der Waals surface area (Å²) in [6.07, 6.45) is 2.78. The molecule has 0 aromatic heterocycles. The third-order valence-corrected chi connectivity index (χ3v) is 1.35. The largest absolute Gasteiger partial charge is 0.506 e. The van der Waals surface area contributed by atoms with E-state index in [1.54, 1.807) is 0 Å². The van der Waals surface area contributed by atoms with Crippen molar-refractivity contribution in [3.63, 3.8) is 0 Å². The van der Waals surface area contributed by atoms with Crippen LogP contribution in [-0.2, 0) is 4.79 Å². The van der Waals surface area contributed by atoms with Gasteiger partial charge >= 0.3 is 0 Å². The van der Waals surface area contributed by atoms with Gasteiger partial charge in [-0.15, -0.1) is 0 Å². The molecule has 64 valence electrons. The fourth-order valence-electron chi connectivity index (χ4n) is 0.846. The number of nitrogens with two attached hydrogens (primary N) is 1. The first-order chi connectivity index (χ1) is 5.59. The van der Waals surface area contributed by atoms with Gasteiger partial charge in [0.15, 0.2) is 11.7 Å². The molecule has 12 heavy (non-hydrogen) atoms. The Labute approximate surface area is 69.1 Å². The van der Waals surface area contributed by atoms with Gasteiger partial charge in [-0.25, -0.2) is 0 Å². The van der Waals surface area contributed by atoms with E-state index in [-0.39, 0.29) is 29.6 Å². The highest BCUT2D eigenvalue weighted by atomic mass is 16.3. The lowest BCUT2D eigenvalue weighted by Gasteiger charge is -2.10. The van der Waals surface area contributed by atoms with Crippen molar-refractivity contribution in [1.82, 2.24) is 5.32 Å². The molecule has 0 bridgehead atoms. The molecule has 0 saturated heterocycles. The predicted octanol–water partition coefficient (Wildman–Crippen LogP) is -0.232. The van der Waals surface area contributed by atoms with Gasteiger partial charge in [-0.2, -0.15) is 0 Å². The maximum atomic E-state index is 10.8. The second kappa shape index (κ2) is 3.08. The maximum Gasteiger partial charge on any atom is 0.190 e. The van der Waals surface area contributed by atoms with Crippen molar-refractivity contribution >= 4 is 11.7 Å². The summed E-state index contributed by atoms with van der Waals surface area (Å²) in [4.78, 5) is 10.8. The Kier molecular flexibility index (Phi) is 2.14. The highest BCUT2D eigenvalue weighted by Gasteiger charge is 2.11. The zero-order valence-electron chi connectivity index (χ0n) is 6.29. The number of ketones is 1. The molecule has 0 aromatic rings. The second-order valence-corrected chi connectivity index (χ2v) is 2.36. The Hall–Kier alpha value is -1.78. The number of guanidine groups is 1. The van der Waals surface area contributed by atoms with E-state index >= 15 is 0 Å². The Balaban J connectivity index is 2.79. The van der Waals surface area contributed by atoms with Crippen LogP contribution in [0.4, 0.5) is 0 Å². The van der Waals surface area contributed by atoms with Gasteiger partial charge in [-0.05, 0) is 6.08 Å². The number of carbonyl (C=O) groups is 1. The Bertz CT molecular complexity index is 291. The molecule has 1 aliphatic rings. The first-order valence-electron chi connectivity index (χ1n) is 3.34. The SMILES string of the molecule is N=C(N)NC1=CC(=O)CC=C1O. The topological polar surface area (TPSA) is 99.2 Å². The van der Waals surface area contributed by atoms with E-state index in [9.17, 15) is 4.79 Å². The lowest BCUT2D eigenvalue weighted by Crippen LogP contribution is -2.31. The average molecular weight is 167 g/mol. The predicted molar refractivity (Wildman–Crippen MR) is 43.5 cm³/mol. The zero-order chi connectivity index (χ0) is 9.14. The molecular weight excluding hydrogens is 158 g/mol. The van der Waals surface area contributed by atoms with Crippen LogP contribution in [0.15, 0.2) is 23.6 Å². The van der Waals surface area contributed by atoms with Crippen LogP contribution in [0.1, 0.15) is 6.42 Å². The van der Waals surface area contributed by atoms with E-state index in [4.69, 9.17) is 16.2 Å². The number of hydrogen-bond donors (Lipinski definition) is 4. The van der Waals surface area contributed by atoms with Crippen LogP contribution in [0.5, 0.6) is 0 Å². The van der Waals surface area contributed by atoms with E-state index in [1.165, 1.54) is 12.2 Å². The minimum atomic E-state index is -0.309. The summed E-state index contributed by atoms with van der Waals surface area (Å²) in [5.74, 6) is -0.489. The Morgan fingerprint density at radius 2 is 2.42 bits per heavy atom. The summed E-state index contributed by atoms with van der Waals surface area (Å²) >= 11 is 0. The van der Waals surface area contributed by atoms with Gasteiger partial charge in [-0.1, -0.05) is 0 Å². The molecule has 0 aromatic carbocycles. The summed E-state index contributed by atoms with van der Waals surface area (Å²) in [5.41, 5.74) is 5.19. The number of carbonyl (C=O) groups excluding carboxylic acids is 1. The zero-order valence-corrected chi connectivity index (χ0v) is 6.29. The molecule has 0 atom stereocenters. The summed E-state index contributed by atoms with van der Waals surface area (Å²) in [6.45, 7) is 0. The molecule has 5 nitrogen and oxygen atoms in total. The van der Waals surface area contributed by atoms with Crippen molar-refractivity contribution in [3.8, 4) is 0 Å². The van der Waals surface area contributed by atoms with Crippen molar-refractivity contribution < 1.29 is 9.90 Å². The molecular formula is C7H9N3O2. The highest BCUT2D eigenvalue weighted by Crippen LogP contribution is 2.10. The number of aliphatic hydroxyl groups is 1. The van der Waals surface area contributed by atoms with Gasteiger partial charge in [0.1, 0.15) is 5.76 Å². The van der Waals surface area contributed by atoms with Gasteiger partial charge in [0.05, 0.1) is 5.70 Å². The molecule has 0 aliphatic heterocycles. The molecule has 5 N–H and O–H groups in total. The number of allylic oxidation sites excluding steroid dienone is 2. The quantitative estimate of drug-likeness (QED) is 0.320. The molecule has 0 radical (unpaired) electrons. The van der Waals surface area contributed by atoms with E-state index in [0.717, 1.165) is 0 Å². The van der Waals surface area contributed by atoms with Crippen molar-refractivity contribution in [3.05, 3.63) is 23.6 Å². The van der Waals surface area contributed by atoms with Crippen LogP contribution in [0, 0.1) is 5.41 Å². The van der Waals surface area contributed by atoms with Crippen LogP contribution < -0.4 is 11.1 Å². The average Bonchev–Trinajstić information content (AvgIpc) is 1.96. The summed E-state index contributed by atoms with van der Waals surface area (Å²) in [5, 5.41) is 18.4. The van der Waals surface area contributed by atoms with Gasteiger partial charge in [-0.3, -0.25) is 10.2 Å². The molecule has 1 rings (SSSR count). The second-order valence-electron chi connectivity index (χ2n) is 2.36. The number of rotatable bonds is 1. The van der Waals surface area contributed by atoms with Crippen molar-refractivity contribution in [1.29, 1.82) is 5.41 Å². The number of nitrogens with one attached hydrogen (secondary N) is 2. The molecule has 0 amide bonds. The number of hydrogen-bond acceptors (Lipinski definition) is 3. The molecule has 0 unspecified atom stereocenters. The van der Waals surface area contributed by atoms with Crippen molar-refractivity contribution in [2.24, 2.45) is 5.73 Å². The molecule has 0 spiro atoms. The lowest BCUT2D eigenvalue weighted by atomic mass is 10.1. The minimum Gasteiger partial charge on any atom is -0.506 e. The van der Waals surface area contributed by atoms with Gasteiger partial charge in [0, 0.05) is 12.5 Å². The summed E-state index contributed by atoms with van der Waals surface area (Å²) < 4.78 is 0. The Morgan fingerprint density at radius 1 is 1.75 bits per heavy atom. The van der Waals surface area contributed by atoms with Crippen LogP contribution in [0.2, 0.25) is 0 Å². The molecule has 0 saturated carbocycles. The van der Waals surface area contributed by atoms with E-state index in [0.29, 0.717) is 0 Å². The summed E-state index contributed by atoms with van der Waals surface area (Å²) in [6, 6.07) is 0. The van der Waals surface area contributed by atoms with Crippen LogP contribution in [-0.4, -0.2) is 16.8 Å². The third kappa shape index (κ3) is 1.85. The van der Waals surface area contributed by atoms with E-state index in [2.05, 4.69) is 5.32 Å². The fourth-order valence-corrected chi connectivity index (χ4v) is 0.846. The standard InChI is InChI=1S/C7H9N3O2/c8-7(9)10-5-3-4(11)1-2-6(5)12/h2-3,12H,1H2,(H4,8,9,10). The molecule has 1 aliphatic carbocycles. The normalized spacial score (nSPS) is 16.5. The first-order valence-corrected chi connectivity index (χ1v) is 3.34. The van der Waals surface area contributed by atoms with Crippen molar-refractivity contribution in [2.75, 3.05) is 0 Å². The van der Waals surface area contributed by atoms with Crippen molar-refractivity contribution in [2.45, 2.75) is 6.42 Å². The Morgan fingerprint density at radius 3 is 3.00 bits per heavy atom. The number of aliphatic hydroxyl groups excluding tert-OH is 1. The van der Waals surface area contributed by atoms with E-state index < -0.39 is 0 Å². The highest BCUT2D eigenvalue weighted by molar-refractivity contribution is 5.94. The lowest BCUT2D eigenvalue weighted by molar-refractivity contribution is -0.114. The molecule has 0 fully saturated rings. The van der Waals surface area contributed by atoms with Gasteiger partial charge in [0.25, 0.3) is 0 Å². The van der Waals surface area contributed by atoms with Gasteiger partial charge in [0.2, 0.25) is 0 Å². The third-order valence-electron chi connectivity index (χ3n) is 1.35. The smallest absolute Gasteiger partial charge is 0.190 e. The monoisotopic (exact) mass is 167 g/mol. The molecule has 5 heteroatoms. The van der Waals surface area contributed by atoms with E-state index in [1.807, 2.05) is 0 Å². The van der Waals surface area contributed by atoms with Crippen LogP contribution in [0.3, 0.4) is 0 Å². The van der Waals surface area contributed by atoms with Gasteiger partial charge < -0.3 is 16.2 Å². The first kappa shape index (κ1) is 8.32. The van der Waals surface area contributed by atoms with Crippen LogP contribution in [0.25, 0.3) is 0 Å². The maximum absolute atomic E-state index is 10.8. The minimum absolute atomic E-state index is 0.0511. The molecule has 0 heterocycles. The fraction of sp³-hybridized carbons (Fsp3) is 0.143.